The molecule has 2 heterocycles. The van der Waals surface area contributed by atoms with Crippen molar-refractivity contribution in [3.63, 3.8) is 0 Å². The Bertz CT molecular complexity index is 1320. The molecule has 0 aliphatic carbocycles. The van der Waals surface area contributed by atoms with Gasteiger partial charge in [-0.05, 0) is 12.8 Å². The number of aliphatic hydroxyl groups is 7. The lowest BCUT2D eigenvalue weighted by Gasteiger charge is -2.42. The van der Waals surface area contributed by atoms with Gasteiger partial charge in [0.05, 0.1) is 19.8 Å². The third-order valence-corrected chi connectivity index (χ3v) is 15.6. The largest absolute Gasteiger partial charge is 0.462 e. The highest BCUT2D eigenvalue weighted by atomic mass is 16.7. The summed E-state index contributed by atoms with van der Waals surface area (Å²) < 4.78 is 33.8. The van der Waals surface area contributed by atoms with Crippen molar-refractivity contribution in [1.29, 1.82) is 0 Å². The third kappa shape index (κ3) is 34.6. The Kier molecular flexibility index (Phi) is 44.8. The second kappa shape index (κ2) is 48.2. The second-order valence-electron chi connectivity index (χ2n) is 22.6. The Morgan fingerprint density at radius 2 is 0.671 bits per heavy atom. The number of hydrogen-bond donors (Lipinski definition) is 7. The summed E-state index contributed by atoms with van der Waals surface area (Å²) in [7, 11) is 0. The average Bonchev–Trinajstić information content (AvgIpc) is 3.42. The lowest BCUT2D eigenvalue weighted by molar-refractivity contribution is -0.332. The molecule has 2 aliphatic rings. The van der Waals surface area contributed by atoms with Crippen molar-refractivity contribution >= 4 is 11.9 Å². The normalized spacial score (nSPS) is 24.2. The van der Waals surface area contributed by atoms with Crippen molar-refractivity contribution in [2.75, 3.05) is 26.4 Å². The standard InChI is InChI=1S/C61H116O15/c1-3-5-7-9-11-13-15-17-19-21-23-25-27-29-31-33-35-37-39-41-43-52(63)71-46-49(74-53(64)44-42-40-38-36-34-32-30-28-26-24-22-20-18-16-14-12-10-8-6-4-2)47-72-60-59(70)57(68)55(66)51(76-60)48-73-61-58(69)56(67)54(65)50(45-62)75-61/h49-51,54-62,65-70H,3-48H2,1-2H3/t49-,50+,51+,54-,55-,56?,57?,58?,59?,60+,61+/m0/s1. The number of ether oxygens (including phenoxy) is 6. The van der Waals surface area contributed by atoms with Gasteiger partial charge >= 0.3 is 11.9 Å². The minimum absolute atomic E-state index is 0.174. The van der Waals surface area contributed by atoms with Gasteiger partial charge in [0.1, 0.15) is 55.4 Å². The molecule has 7 N–H and O–H groups in total. The van der Waals surface area contributed by atoms with Crippen LogP contribution in [0.25, 0.3) is 0 Å². The minimum atomic E-state index is -1.76. The molecule has 0 amide bonds. The van der Waals surface area contributed by atoms with E-state index >= 15 is 0 Å². The van der Waals surface area contributed by atoms with E-state index in [1.165, 1.54) is 205 Å². The van der Waals surface area contributed by atoms with E-state index in [1.807, 2.05) is 0 Å². The maximum absolute atomic E-state index is 13.1. The fourth-order valence-electron chi connectivity index (χ4n) is 10.5. The average molecular weight is 1090 g/mol. The fraction of sp³-hybridized carbons (Fsp3) is 0.967. The van der Waals surface area contributed by atoms with Crippen LogP contribution in [0.15, 0.2) is 0 Å². The van der Waals surface area contributed by atoms with E-state index in [0.29, 0.717) is 12.8 Å². The number of aliphatic hydroxyl groups excluding tert-OH is 7. The highest BCUT2D eigenvalue weighted by Gasteiger charge is 2.47. The highest BCUT2D eigenvalue weighted by molar-refractivity contribution is 5.70. The smallest absolute Gasteiger partial charge is 0.306 e. The van der Waals surface area contributed by atoms with Crippen molar-refractivity contribution in [3.05, 3.63) is 0 Å². The number of carbonyl (C=O) groups is 2. The van der Waals surface area contributed by atoms with Gasteiger partial charge in [0, 0.05) is 12.8 Å². The lowest BCUT2D eigenvalue weighted by Crippen LogP contribution is -2.61. The highest BCUT2D eigenvalue weighted by Crippen LogP contribution is 2.27. The van der Waals surface area contributed by atoms with Crippen molar-refractivity contribution in [2.45, 2.75) is 351 Å². The van der Waals surface area contributed by atoms with Gasteiger partial charge in [-0.25, -0.2) is 0 Å². The van der Waals surface area contributed by atoms with Gasteiger partial charge in [-0.1, -0.05) is 258 Å². The summed E-state index contributed by atoms with van der Waals surface area (Å²) in [4.78, 5) is 26.0. The van der Waals surface area contributed by atoms with Crippen LogP contribution >= 0.6 is 0 Å². The Balaban J connectivity index is 1.71. The molecule has 0 spiro atoms. The summed E-state index contributed by atoms with van der Waals surface area (Å²) in [6, 6.07) is 0. The SMILES string of the molecule is CCCCCCCCCCCCCCCCCCCCCCC(=O)OC[C@@H](CO[C@@H]1O[C@H](CO[C@@H]2O[C@H](CO)[C@H](O)C(O)C2O)[C@H](O)C(O)C1O)OC(=O)CCCCCCCCCCCCCCCCCCCCCC. The number of hydrogen-bond acceptors (Lipinski definition) is 15. The molecule has 0 bridgehead atoms. The van der Waals surface area contributed by atoms with Gasteiger partial charge in [0.15, 0.2) is 18.7 Å². The van der Waals surface area contributed by atoms with Gasteiger partial charge in [-0.2, -0.15) is 0 Å². The van der Waals surface area contributed by atoms with Gasteiger partial charge in [0.2, 0.25) is 0 Å². The zero-order valence-corrected chi connectivity index (χ0v) is 48.3. The van der Waals surface area contributed by atoms with E-state index < -0.39 is 92.7 Å². The lowest BCUT2D eigenvalue weighted by atomic mass is 9.98. The van der Waals surface area contributed by atoms with Crippen LogP contribution in [0, 0.1) is 0 Å². The number of esters is 2. The summed E-state index contributed by atoms with van der Waals surface area (Å²) >= 11 is 0. The monoisotopic (exact) mass is 1090 g/mol. The molecular weight excluding hydrogens is 973 g/mol. The molecule has 2 fully saturated rings. The third-order valence-electron chi connectivity index (χ3n) is 15.6. The predicted octanol–water partition coefficient (Wildman–Crippen LogP) is 11.5. The zero-order chi connectivity index (χ0) is 55.3. The number of unbranched alkanes of at least 4 members (excludes halogenated alkanes) is 38. The van der Waals surface area contributed by atoms with Crippen molar-refractivity contribution in [3.8, 4) is 0 Å². The Hall–Kier alpha value is -1.50. The Morgan fingerprint density at radius 3 is 1.03 bits per heavy atom. The van der Waals surface area contributed by atoms with E-state index in [1.54, 1.807) is 0 Å². The summed E-state index contributed by atoms with van der Waals surface area (Å²) in [5, 5.41) is 72.4. The number of rotatable bonds is 52. The van der Waals surface area contributed by atoms with Gasteiger partial charge in [0.25, 0.3) is 0 Å². The molecule has 0 aromatic carbocycles. The van der Waals surface area contributed by atoms with Crippen molar-refractivity contribution in [1.82, 2.24) is 0 Å². The van der Waals surface area contributed by atoms with E-state index in [2.05, 4.69) is 13.8 Å². The summed E-state index contributed by atoms with van der Waals surface area (Å²) in [5.41, 5.74) is 0. The summed E-state index contributed by atoms with van der Waals surface area (Å²) in [6.07, 6.45) is 34.1. The van der Waals surface area contributed by atoms with Crippen LogP contribution in [0.2, 0.25) is 0 Å². The van der Waals surface area contributed by atoms with Crippen LogP contribution in [0.4, 0.5) is 0 Å². The van der Waals surface area contributed by atoms with Crippen LogP contribution in [0.1, 0.15) is 284 Å². The van der Waals surface area contributed by atoms with Crippen LogP contribution < -0.4 is 0 Å². The molecule has 15 nitrogen and oxygen atoms in total. The maximum Gasteiger partial charge on any atom is 0.306 e. The molecule has 15 heteroatoms. The van der Waals surface area contributed by atoms with E-state index in [-0.39, 0.29) is 26.1 Å². The molecule has 2 aliphatic heterocycles. The van der Waals surface area contributed by atoms with E-state index in [0.717, 1.165) is 38.5 Å². The molecule has 2 rings (SSSR count). The van der Waals surface area contributed by atoms with Gasteiger partial charge < -0.3 is 64.2 Å². The maximum atomic E-state index is 13.1. The van der Waals surface area contributed by atoms with Crippen molar-refractivity contribution < 1.29 is 73.8 Å². The van der Waals surface area contributed by atoms with Crippen LogP contribution in [0.3, 0.4) is 0 Å². The van der Waals surface area contributed by atoms with Crippen LogP contribution in [-0.2, 0) is 38.0 Å². The van der Waals surface area contributed by atoms with E-state index in [9.17, 15) is 45.3 Å². The fourth-order valence-corrected chi connectivity index (χ4v) is 10.5. The molecule has 76 heavy (non-hydrogen) atoms. The Labute approximate surface area is 461 Å². The van der Waals surface area contributed by atoms with E-state index in [4.69, 9.17) is 28.4 Å². The topological polar surface area (TPSA) is 231 Å². The first-order valence-corrected chi connectivity index (χ1v) is 31.6. The first-order chi connectivity index (χ1) is 37.0. The van der Waals surface area contributed by atoms with Gasteiger partial charge in [-0.15, -0.1) is 0 Å². The van der Waals surface area contributed by atoms with Crippen LogP contribution in [0.5, 0.6) is 0 Å². The zero-order valence-electron chi connectivity index (χ0n) is 48.3. The summed E-state index contributed by atoms with van der Waals surface area (Å²) in [5.74, 6) is -0.900. The second-order valence-corrected chi connectivity index (χ2v) is 22.6. The first-order valence-electron chi connectivity index (χ1n) is 31.6. The molecule has 4 unspecified atom stereocenters. The molecule has 11 atom stereocenters. The predicted molar refractivity (Wildman–Crippen MR) is 298 cm³/mol. The molecule has 2 saturated heterocycles. The van der Waals surface area contributed by atoms with Crippen molar-refractivity contribution in [2.24, 2.45) is 0 Å². The molecule has 0 saturated carbocycles. The summed E-state index contributed by atoms with van der Waals surface area (Å²) in [6.45, 7) is 2.68. The first kappa shape index (κ1) is 70.6. The van der Waals surface area contributed by atoms with Crippen LogP contribution in [-0.4, -0.2) is 142 Å². The molecule has 450 valence electrons. The molecule has 0 aromatic heterocycles. The number of carbonyl (C=O) groups excluding carboxylic acids is 2. The Morgan fingerprint density at radius 1 is 0.368 bits per heavy atom. The molecular formula is C61H116O15. The molecule has 0 aromatic rings. The quantitative estimate of drug-likeness (QED) is 0.0222. The minimum Gasteiger partial charge on any atom is -0.462 e. The van der Waals surface area contributed by atoms with Gasteiger partial charge in [-0.3, -0.25) is 9.59 Å². The molecule has 0 radical (unpaired) electrons.